The maximum atomic E-state index is 12.3. The van der Waals surface area contributed by atoms with Crippen LogP contribution < -0.4 is 14.9 Å². The van der Waals surface area contributed by atoms with Crippen LogP contribution >= 0.6 is 22.9 Å². The first-order chi connectivity index (χ1) is 15.0. The van der Waals surface area contributed by atoms with Gasteiger partial charge in [0.05, 0.1) is 5.52 Å². The molecule has 31 heavy (non-hydrogen) atoms. The molecule has 0 aliphatic carbocycles. The number of pyridine rings is 1. The first-order valence-corrected chi connectivity index (χ1v) is 10.8. The standard InChI is InChI=1S/C22H19ClN4O3S/c1-13-10-15(18-11-16(23)4-7-19(18)25-13)12-30-17-5-2-14(3-6-17)21(28)24-9-8-20-26-27-22(29)31-20/h2-7,10-11H,8-9,12H2,1H3,(H,24,28)(H,27,29). The Kier molecular flexibility index (Phi) is 6.29. The molecule has 0 unspecified atom stereocenters. The fourth-order valence-electron chi connectivity index (χ4n) is 3.15. The maximum Gasteiger partial charge on any atom is 0.322 e. The summed E-state index contributed by atoms with van der Waals surface area (Å²) in [6.45, 7) is 2.70. The van der Waals surface area contributed by atoms with Crippen molar-refractivity contribution in [1.29, 1.82) is 0 Å². The summed E-state index contributed by atoms with van der Waals surface area (Å²) in [5, 5.41) is 11.3. The summed E-state index contributed by atoms with van der Waals surface area (Å²) in [4.78, 5) is 27.7. The molecule has 0 aliphatic rings. The Hall–Kier alpha value is -3.23. The third-order valence-corrected chi connectivity index (χ3v) is 5.64. The van der Waals surface area contributed by atoms with Crippen molar-refractivity contribution in [3.05, 3.63) is 85.0 Å². The molecule has 0 radical (unpaired) electrons. The van der Waals surface area contributed by atoms with Gasteiger partial charge < -0.3 is 10.1 Å². The average molecular weight is 455 g/mol. The van der Waals surface area contributed by atoms with E-state index in [2.05, 4.69) is 20.5 Å². The van der Waals surface area contributed by atoms with Crippen LogP contribution in [0.15, 0.2) is 53.3 Å². The summed E-state index contributed by atoms with van der Waals surface area (Å²) in [6, 6.07) is 14.5. The van der Waals surface area contributed by atoms with Crippen LogP contribution in [0.5, 0.6) is 5.75 Å². The molecule has 158 valence electrons. The number of ether oxygens (including phenoxy) is 1. The molecule has 0 fully saturated rings. The molecule has 2 aromatic heterocycles. The van der Waals surface area contributed by atoms with Gasteiger partial charge in [0.2, 0.25) is 0 Å². The number of carbonyl (C=O) groups excluding carboxylic acids is 1. The summed E-state index contributed by atoms with van der Waals surface area (Å²) in [5.41, 5.74) is 3.30. The largest absolute Gasteiger partial charge is 0.489 e. The van der Waals surface area contributed by atoms with Gasteiger partial charge in [0.25, 0.3) is 5.91 Å². The topological polar surface area (TPSA) is 97.0 Å². The number of hydrogen-bond donors (Lipinski definition) is 2. The van der Waals surface area contributed by atoms with Gasteiger partial charge in [0.1, 0.15) is 17.4 Å². The van der Waals surface area contributed by atoms with Crippen molar-refractivity contribution >= 4 is 39.7 Å². The lowest BCUT2D eigenvalue weighted by atomic mass is 10.1. The van der Waals surface area contributed by atoms with Crippen LogP contribution in [-0.2, 0) is 13.0 Å². The van der Waals surface area contributed by atoms with Crippen molar-refractivity contribution in [2.75, 3.05) is 6.54 Å². The van der Waals surface area contributed by atoms with Gasteiger partial charge in [-0.25, -0.2) is 5.10 Å². The van der Waals surface area contributed by atoms with E-state index in [-0.39, 0.29) is 10.8 Å². The Morgan fingerprint density at radius 2 is 2.00 bits per heavy atom. The number of nitrogens with zero attached hydrogens (tertiary/aromatic N) is 2. The van der Waals surface area contributed by atoms with E-state index in [1.165, 1.54) is 0 Å². The zero-order valence-electron chi connectivity index (χ0n) is 16.6. The fourth-order valence-corrected chi connectivity index (χ4v) is 3.92. The quantitative estimate of drug-likeness (QED) is 0.441. The molecule has 0 bridgehead atoms. The second-order valence-electron chi connectivity index (χ2n) is 6.91. The Labute approximate surface area is 187 Å². The molecule has 9 heteroatoms. The van der Waals surface area contributed by atoms with Gasteiger partial charge in [0.15, 0.2) is 0 Å². The molecule has 0 spiro atoms. The molecule has 4 rings (SSSR count). The molecule has 0 aliphatic heterocycles. The van der Waals surface area contributed by atoms with Crippen LogP contribution in [0.4, 0.5) is 0 Å². The van der Waals surface area contributed by atoms with Crippen molar-refractivity contribution in [2.45, 2.75) is 20.0 Å². The number of rotatable bonds is 7. The minimum atomic E-state index is -0.199. The van der Waals surface area contributed by atoms with Crippen LogP contribution in [0, 0.1) is 6.92 Å². The predicted octanol–water partition coefficient (Wildman–Crippen LogP) is 3.89. The monoisotopic (exact) mass is 454 g/mol. The molecule has 7 nitrogen and oxygen atoms in total. The van der Waals surface area contributed by atoms with Crippen molar-refractivity contribution in [2.24, 2.45) is 0 Å². The molecule has 2 aromatic carbocycles. The van der Waals surface area contributed by atoms with Crippen LogP contribution in [-0.4, -0.2) is 27.6 Å². The molecule has 1 amide bonds. The van der Waals surface area contributed by atoms with Crippen LogP contribution in [0.1, 0.15) is 26.6 Å². The first-order valence-electron chi connectivity index (χ1n) is 9.59. The number of carbonyl (C=O) groups is 1. The SMILES string of the molecule is Cc1cc(COc2ccc(C(=O)NCCc3n[nH]c(=O)s3)cc2)c2cc(Cl)ccc2n1. The second-order valence-corrected chi connectivity index (χ2v) is 8.39. The van der Waals surface area contributed by atoms with Crippen molar-refractivity contribution in [1.82, 2.24) is 20.5 Å². The summed E-state index contributed by atoms with van der Waals surface area (Å²) in [5.74, 6) is 0.460. The molecule has 2 N–H and O–H groups in total. The van der Waals surface area contributed by atoms with Gasteiger partial charge in [-0.3, -0.25) is 14.6 Å². The van der Waals surface area contributed by atoms with E-state index < -0.39 is 0 Å². The van der Waals surface area contributed by atoms with Crippen molar-refractivity contribution < 1.29 is 9.53 Å². The van der Waals surface area contributed by atoms with Gasteiger partial charge in [0, 0.05) is 40.2 Å². The van der Waals surface area contributed by atoms with E-state index in [0.717, 1.165) is 33.5 Å². The molecule has 0 saturated carbocycles. The van der Waals surface area contributed by atoms with E-state index in [1.807, 2.05) is 31.2 Å². The van der Waals surface area contributed by atoms with E-state index in [9.17, 15) is 9.59 Å². The smallest absolute Gasteiger partial charge is 0.322 e. The highest BCUT2D eigenvalue weighted by molar-refractivity contribution is 7.08. The molecule has 0 atom stereocenters. The van der Waals surface area contributed by atoms with Crippen molar-refractivity contribution in [3.8, 4) is 5.75 Å². The highest BCUT2D eigenvalue weighted by atomic mass is 35.5. The minimum absolute atomic E-state index is 0.195. The number of fused-ring (bicyclic) bond motifs is 1. The van der Waals surface area contributed by atoms with E-state index in [1.54, 1.807) is 24.3 Å². The second kappa shape index (κ2) is 9.28. The number of aromatic amines is 1. The summed E-state index contributed by atoms with van der Waals surface area (Å²) in [7, 11) is 0. The van der Waals surface area contributed by atoms with E-state index in [4.69, 9.17) is 16.3 Å². The third kappa shape index (κ3) is 5.28. The van der Waals surface area contributed by atoms with Gasteiger partial charge in [-0.1, -0.05) is 22.9 Å². The number of halogens is 1. The lowest BCUT2D eigenvalue weighted by Gasteiger charge is -2.11. The third-order valence-electron chi connectivity index (χ3n) is 4.60. The van der Waals surface area contributed by atoms with E-state index in [0.29, 0.717) is 40.9 Å². The number of benzene rings is 2. The molecule has 0 saturated heterocycles. The number of aryl methyl sites for hydroxylation is 1. The fraction of sp³-hybridized carbons (Fsp3) is 0.182. The Balaban J connectivity index is 1.36. The lowest BCUT2D eigenvalue weighted by Crippen LogP contribution is -2.25. The Morgan fingerprint density at radius 3 is 2.74 bits per heavy atom. The normalized spacial score (nSPS) is 10.9. The average Bonchev–Trinajstić information content (AvgIpc) is 3.17. The molecule has 2 heterocycles. The van der Waals surface area contributed by atoms with Crippen LogP contribution in [0.2, 0.25) is 5.02 Å². The highest BCUT2D eigenvalue weighted by Gasteiger charge is 2.09. The number of amides is 1. The first kappa shape index (κ1) is 21.0. The molecular formula is C22H19ClN4O3S. The van der Waals surface area contributed by atoms with Crippen LogP contribution in [0.3, 0.4) is 0 Å². The zero-order chi connectivity index (χ0) is 21.8. The van der Waals surface area contributed by atoms with Gasteiger partial charge in [-0.05, 0) is 55.5 Å². The van der Waals surface area contributed by atoms with E-state index >= 15 is 0 Å². The summed E-state index contributed by atoms with van der Waals surface area (Å²) < 4.78 is 5.93. The number of hydrogen-bond acceptors (Lipinski definition) is 6. The number of nitrogens with one attached hydrogen (secondary N) is 2. The zero-order valence-corrected chi connectivity index (χ0v) is 18.2. The summed E-state index contributed by atoms with van der Waals surface area (Å²) >= 11 is 7.18. The maximum absolute atomic E-state index is 12.3. The number of aromatic nitrogens is 3. The highest BCUT2D eigenvalue weighted by Crippen LogP contribution is 2.24. The Morgan fingerprint density at radius 1 is 1.19 bits per heavy atom. The number of H-pyrrole nitrogens is 1. The Bertz CT molecular complexity index is 1280. The van der Waals surface area contributed by atoms with Crippen molar-refractivity contribution in [3.63, 3.8) is 0 Å². The molecular weight excluding hydrogens is 436 g/mol. The lowest BCUT2D eigenvalue weighted by molar-refractivity contribution is 0.0954. The van der Waals surface area contributed by atoms with Crippen LogP contribution in [0.25, 0.3) is 10.9 Å². The minimum Gasteiger partial charge on any atom is -0.489 e. The predicted molar refractivity (Wildman–Crippen MR) is 121 cm³/mol. The van der Waals surface area contributed by atoms with Gasteiger partial charge >= 0.3 is 4.87 Å². The summed E-state index contributed by atoms with van der Waals surface area (Å²) in [6.07, 6.45) is 0.500. The van der Waals surface area contributed by atoms with Gasteiger partial charge in [-0.15, -0.1) is 0 Å². The van der Waals surface area contributed by atoms with Gasteiger partial charge in [-0.2, -0.15) is 5.10 Å². The molecule has 4 aromatic rings.